The summed E-state index contributed by atoms with van der Waals surface area (Å²) in [5, 5.41) is 10.1. The monoisotopic (exact) mass is 285 g/mol. The van der Waals surface area contributed by atoms with Gasteiger partial charge in [0.2, 0.25) is 5.91 Å². The molecule has 1 amide bonds. The van der Waals surface area contributed by atoms with Crippen LogP contribution in [0.4, 0.5) is 5.69 Å². The molecule has 0 aromatic heterocycles. The van der Waals surface area contributed by atoms with Crippen LogP contribution in [-0.4, -0.2) is 10.9 Å². The Morgan fingerprint density at radius 2 is 1.95 bits per heavy atom. The highest BCUT2D eigenvalue weighted by Crippen LogP contribution is 2.40. The molecule has 0 spiro atoms. The highest BCUT2D eigenvalue weighted by atomic mass is 35.5. The van der Waals surface area contributed by atoms with Gasteiger partial charge in [-0.25, -0.2) is 5.01 Å². The van der Waals surface area contributed by atoms with Gasteiger partial charge in [0.25, 0.3) is 0 Å². The Hall–Kier alpha value is -2.20. The fourth-order valence-corrected chi connectivity index (χ4v) is 2.50. The van der Waals surface area contributed by atoms with Crippen LogP contribution in [0.3, 0.4) is 0 Å². The van der Waals surface area contributed by atoms with Gasteiger partial charge in [-0.3, -0.25) is 4.79 Å². The standard InChI is InChI=1S/C15H12ClN3O/c1-10(20)19-15(11-5-3-2-4-6-11)13-9-12(16)7-8-14(13)17-18-19/h2-9,15H,1H3. The van der Waals surface area contributed by atoms with Crippen molar-refractivity contribution in [2.24, 2.45) is 10.3 Å². The van der Waals surface area contributed by atoms with Crippen LogP contribution in [0, 0.1) is 0 Å². The smallest absolute Gasteiger partial charge is 0.241 e. The number of halogens is 1. The lowest BCUT2D eigenvalue weighted by molar-refractivity contribution is -0.131. The largest absolute Gasteiger partial charge is 0.273 e. The lowest BCUT2D eigenvalue weighted by atomic mass is 9.96. The number of benzene rings is 2. The minimum absolute atomic E-state index is 0.159. The van der Waals surface area contributed by atoms with Crippen molar-refractivity contribution in [3.63, 3.8) is 0 Å². The highest BCUT2D eigenvalue weighted by Gasteiger charge is 2.30. The Labute approximate surface area is 121 Å². The summed E-state index contributed by atoms with van der Waals surface area (Å²) >= 11 is 6.08. The predicted molar refractivity (Wildman–Crippen MR) is 76.8 cm³/mol. The van der Waals surface area contributed by atoms with Crippen molar-refractivity contribution >= 4 is 23.2 Å². The summed E-state index contributed by atoms with van der Waals surface area (Å²) in [5.74, 6) is -0.159. The molecule has 4 nitrogen and oxygen atoms in total. The maximum atomic E-state index is 11.8. The molecule has 1 aliphatic heterocycles. The topological polar surface area (TPSA) is 45.0 Å². The number of carbonyl (C=O) groups is 1. The van der Waals surface area contributed by atoms with Crippen LogP contribution < -0.4 is 0 Å². The maximum Gasteiger partial charge on any atom is 0.241 e. The van der Waals surface area contributed by atoms with E-state index in [1.54, 1.807) is 6.07 Å². The van der Waals surface area contributed by atoms with Gasteiger partial charge in [-0.05, 0) is 23.8 Å². The number of hydrogen-bond acceptors (Lipinski definition) is 3. The van der Waals surface area contributed by atoms with Gasteiger partial charge in [0.1, 0.15) is 6.04 Å². The molecule has 0 N–H and O–H groups in total. The average molecular weight is 286 g/mol. The van der Waals surface area contributed by atoms with Crippen molar-refractivity contribution in [3.8, 4) is 0 Å². The van der Waals surface area contributed by atoms with Gasteiger partial charge < -0.3 is 0 Å². The van der Waals surface area contributed by atoms with Crippen molar-refractivity contribution in [2.75, 3.05) is 0 Å². The zero-order valence-corrected chi connectivity index (χ0v) is 11.6. The third-order valence-electron chi connectivity index (χ3n) is 3.22. The van der Waals surface area contributed by atoms with E-state index in [0.29, 0.717) is 5.02 Å². The molecule has 2 aromatic carbocycles. The van der Waals surface area contributed by atoms with E-state index >= 15 is 0 Å². The fourth-order valence-electron chi connectivity index (χ4n) is 2.32. The first-order chi connectivity index (χ1) is 9.66. The first-order valence-electron chi connectivity index (χ1n) is 6.22. The molecule has 0 radical (unpaired) electrons. The summed E-state index contributed by atoms with van der Waals surface area (Å²) in [6, 6.07) is 14.9. The Balaban J connectivity index is 2.19. The quantitative estimate of drug-likeness (QED) is 0.771. The summed E-state index contributed by atoms with van der Waals surface area (Å²) in [6.45, 7) is 1.48. The van der Waals surface area contributed by atoms with Gasteiger partial charge in [-0.1, -0.05) is 47.2 Å². The van der Waals surface area contributed by atoms with Gasteiger partial charge in [0.15, 0.2) is 0 Å². The Morgan fingerprint density at radius 1 is 1.20 bits per heavy atom. The van der Waals surface area contributed by atoms with Crippen LogP contribution in [-0.2, 0) is 4.79 Å². The fraction of sp³-hybridized carbons (Fsp3) is 0.133. The van der Waals surface area contributed by atoms with Crippen molar-refractivity contribution in [2.45, 2.75) is 13.0 Å². The van der Waals surface area contributed by atoms with Gasteiger partial charge in [-0.2, -0.15) is 0 Å². The molecular formula is C15H12ClN3O. The molecule has 1 aliphatic rings. The second kappa shape index (κ2) is 5.06. The third-order valence-corrected chi connectivity index (χ3v) is 3.45. The summed E-state index contributed by atoms with van der Waals surface area (Å²) in [4.78, 5) is 11.8. The number of amides is 1. The lowest BCUT2D eigenvalue weighted by Crippen LogP contribution is -2.30. The molecule has 0 aliphatic carbocycles. The number of fused-ring (bicyclic) bond motifs is 1. The van der Waals surface area contributed by atoms with Crippen LogP contribution >= 0.6 is 11.6 Å². The first-order valence-corrected chi connectivity index (χ1v) is 6.60. The van der Waals surface area contributed by atoms with E-state index in [1.165, 1.54) is 11.9 Å². The average Bonchev–Trinajstić information content (AvgIpc) is 2.46. The van der Waals surface area contributed by atoms with Crippen molar-refractivity contribution in [3.05, 3.63) is 64.7 Å². The zero-order valence-electron chi connectivity index (χ0n) is 10.8. The molecule has 5 heteroatoms. The summed E-state index contributed by atoms with van der Waals surface area (Å²) < 4.78 is 0. The van der Waals surface area contributed by atoms with E-state index in [2.05, 4.69) is 10.3 Å². The third kappa shape index (κ3) is 2.18. The molecule has 20 heavy (non-hydrogen) atoms. The predicted octanol–water partition coefficient (Wildman–Crippen LogP) is 4.29. The normalized spacial score (nSPS) is 16.9. The molecule has 1 atom stereocenters. The van der Waals surface area contributed by atoms with E-state index in [0.717, 1.165) is 16.8 Å². The molecule has 0 saturated heterocycles. The minimum Gasteiger partial charge on any atom is -0.273 e. The van der Waals surface area contributed by atoms with Crippen LogP contribution in [0.25, 0.3) is 0 Å². The highest BCUT2D eigenvalue weighted by molar-refractivity contribution is 6.30. The number of carbonyl (C=O) groups excluding carboxylic acids is 1. The number of rotatable bonds is 1. The van der Waals surface area contributed by atoms with Gasteiger partial charge >= 0.3 is 0 Å². The SMILES string of the molecule is CC(=O)N1N=Nc2ccc(Cl)cc2C1c1ccccc1. The van der Waals surface area contributed by atoms with E-state index in [-0.39, 0.29) is 11.9 Å². The maximum absolute atomic E-state index is 11.8. The van der Waals surface area contributed by atoms with Crippen molar-refractivity contribution < 1.29 is 4.79 Å². The summed E-state index contributed by atoms with van der Waals surface area (Å²) in [5.41, 5.74) is 2.60. The van der Waals surface area contributed by atoms with Gasteiger partial charge in [0.05, 0.1) is 5.69 Å². The second-order valence-corrected chi connectivity index (χ2v) is 5.01. The van der Waals surface area contributed by atoms with E-state index in [9.17, 15) is 4.79 Å². The summed E-state index contributed by atoms with van der Waals surface area (Å²) in [7, 11) is 0. The number of nitrogens with zero attached hydrogens (tertiary/aromatic N) is 3. The van der Waals surface area contributed by atoms with Crippen LogP contribution in [0.15, 0.2) is 58.9 Å². The minimum atomic E-state index is -0.292. The van der Waals surface area contributed by atoms with Gasteiger partial charge in [-0.15, -0.1) is 5.11 Å². The molecule has 3 rings (SSSR count). The van der Waals surface area contributed by atoms with E-state index in [1.807, 2.05) is 42.5 Å². The molecule has 0 fully saturated rings. The van der Waals surface area contributed by atoms with Crippen molar-refractivity contribution in [1.82, 2.24) is 5.01 Å². The summed E-state index contributed by atoms with van der Waals surface area (Å²) in [6.07, 6.45) is 0. The second-order valence-electron chi connectivity index (χ2n) is 4.57. The van der Waals surface area contributed by atoms with Crippen LogP contribution in [0.5, 0.6) is 0 Å². The lowest BCUT2D eigenvalue weighted by Gasteiger charge is -2.30. The molecular weight excluding hydrogens is 274 g/mol. The Kier molecular flexibility index (Phi) is 3.24. The zero-order chi connectivity index (χ0) is 14.1. The Morgan fingerprint density at radius 3 is 2.65 bits per heavy atom. The van der Waals surface area contributed by atoms with Crippen LogP contribution in [0.2, 0.25) is 5.02 Å². The van der Waals surface area contributed by atoms with Crippen LogP contribution in [0.1, 0.15) is 24.1 Å². The van der Waals surface area contributed by atoms with Crippen molar-refractivity contribution in [1.29, 1.82) is 0 Å². The molecule has 0 bridgehead atoms. The molecule has 1 unspecified atom stereocenters. The van der Waals surface area contributed by atoms with E-state index in [4.69, 9.17) is 11.6 Å². The molecule has 2 aromatic rings. The number of hydrogen-bond donors (Lipinski definition) is 0. The molecule has 1 heterocycles. The molecule has 0 saturated carbocycles. The molecule has 100 valence electrons. The van der Waals surface area contributed by atoms with Gasteiger partial charge in [0, 0.05) is 17.5 Å². The van der Waals surface area contributed by atoms with E-state index < -0.39 is 0 Å². The Bertz CT molecular complexity index is 685. The first kappa shape index (κ1) is 12.8.